The van der Waals surface area contributed by atoms with Crippen LogP contribution in [0, 0.1) is 17.0 Å². The van der Waals surface area contributed by atoms with Gasteiger partial charge in [0, 0.05) is 17.5 Å². The monoisotopic (exact) mass is 289 g/mol. The molecule has 1 atom stereocenters. The van der Waals surface area contributed by atoms with Crippen LogP contribution in [0.3, 0.4) is 0 Å². The molecule has 0 aliphatic heterocycles. The van der Waals surface area contributed by atoms with Gasteiger partial charge in [-0.1, -0.05) is 20.8 Å². The van der Waals surface area contributed by atoms with Crippen LogP contribution in [0.2, 0.25) is 0 Å². The first-order valence-electron chi connectivity index (χ1n) is 6.07. The zero-order valence-corrected chi connectivity index (χ0v) is 12.0. The molecule has 1 aromatic rings. The van der Waals surface area contributed by atoms with E-state index in [0.717, 1.165) is 12.1 Å². The number of hydrogen-bond donors (Lipinski definition) is 1. The van der Waals surface area contributed by atoms with Crippen molar-refractivity contribution in [3.05, 3.63) is 35.4 Å². The van der Waals surface area contributed by atoms with Gasteiger partial charge in [-0.15, -0.1) is 11.6 Å². The molecule has 0 fully saturated rings. The molecule has 0 bridgehead atoms. The third-order valence-electron chi connectivity index (χ3n) is 2.93. The Bertz CT molecular complexity index is 457. The average Bonchev–Trinajstić information content (AvgIpc) is 2.30. The molecule has 0 heterocycles. The van der Waals surface area contributed by atoms with Crippen LogP contribution in [0.25, 0.3) is 0 Å². The van der Waals surface area contributed by atoms with Crippen molar-refractivity contribution in [1.82, 2.24) is 5.32 Å². The number of amides is 1. The molecule has 5 heteroatoms. The van der Waals surface area contributed by atoms with Crippen molar-refractivity contribution in [3.63, 3.8) is 0 Å². The summed E-state index contributed by atoms with van der Waals surface area (Å²) in [6.45, 7) is 5.95. The quantitative estimate of drug-likeness (QED) is 0.841. The maximum atomic E-state index is 13.1. The predicted octanol–water partition coefficient (Wildman–Crippen LogP) is 3.74. The Labute approximate surface area is 117 Å². The van der Waals surface area contributed by atoms with Gasteiger partial charge >= 0.3 is 0 Å². The molecule has 0 aromatic heterocycles. The smallest absolute Gasteiger partial charge is 0.251 e. The summed E-state index contributed by atoms with van der Waals surface area (Å²) < 4.78 is 25.9. The van der Waals surface area contributed by atoms with Crippen LogP contribution in [0.4, 0.5) is 8.78 Å². The third-order valence-corrected chi connectivity index (χ3v) is 3.15. The topological polar surface area (TPSA) is 29.1 Å². The highest BCUT2D eigenvalue weighted by Crippen LogP contribution is 2.22. The van der Waals surface area contributed by atoms with Gasteiger partial charge in [-0.25, -0.2) is 8.78 Å². The first kappa shape index (κ1) is 15.9. The van der Waals surface area contributed by atoms with E-state index in [1.807, 2.05) is 20.8 Å². The summed E-state index contributed by atoms with van der Waals surface area (Å²) in [5.41, 5.74) is -0.0638. The van der Waals surface area contributed by atoms with E-state index in [9.17, 15) is 13.6 Å². The average molecular weight is 290 g/mol. The largest absolute Gasteiger partial charge is 0.349 e. The number of halogens is 3. The molecule has 106 valence electrons. The third kappa shape index (κ3) is 4.46. The van der Waals surface area contributed by atoms with Crippen molar-refractivity contribution in [2.24, 2.45) is 5.41 Å². The molecule has 1 N–H and O–H groups in total. The molecule has 1 rings (SSSR count). The van der Waals surface area contributed by atoms with E-state index >= 15 is 0 Å². The highest BCUT2D eigenvalue weighted by molar-refractivity contribution is 6.17. The molecule has 0 aliphatic rings. The minimum atomic E-state index is -1.03. The van der Waals surface area contributed by atoms with Crippen LogP contribution in [-0.4, -0.2) is 17.8 Å². The lowest BCUT2D eigenvalue weighted by atomic mass is 9.85. The standard InChI is InChI=1S/C14H18ClF2NO/c1-14(2,3)12(6-7-15)18-13(19)9-4-5-10(16)11(17)8-9/h4-5,8,12H,6-7H2,1-3H3,(H,18,19). The van der Waals surface area contributed by atoms with Gasteiger partial charge in [0.2, 0.25) is 0 Å². The van der Waals surface area contributed by atoms with Crippen molar-refractivity contribution in [2.75, 3.05) is 5.88 Å². The molecule has 19 heavy (non-hydrogen) atoms. The first-order valence-corrected chi connectivity index (χ1v) is 6.61. The molecule has 0 saturated heterocycles. The fraction of sp³-hybridized carbons (Fsp3) is 0.500. The lowest BCUT2D eigenvalue weighted by molar-refractivity contribution is 0.0900. The summed E-state index contributed by atoms with van der Waals surface area (Å²) in [7, 11) is 0. The normalized spacial score (nSPS) is 13.2. The van der Waals surface area contributed by atoms with Crippen molar-refractivity contribution >= 4 is 17.5 Å². The maximum Gasteiger partial charge on any atom is 0.251 e. The van der Waals surface area contributed by atoms with Gasteiger partial charge in [0.1, 0.15) is 0 Å². The van der Waals surface area contributed by atoms with Crippen LogP contribution in [-0.2, 0) is 0 Å². The van der Waals surface area contributed by atoms with Gasteiger partial charge in [-0.2, -0.15) is 0 Å². The van der Waals surface area contributed by atoms with Crippen molar-refractivity contribution in [3.8, 4) is 0 Å². The number of nitrogens with one attached hydrogen (secondary N) is 1. The number of alkyl halides is 1. The molecule has 1 unspecified atom stereocenters. The highest BCUT2D eigenvalue weighted by Gasteiger charge is 2.26. The maximum absolute atomic E-state index is 13.1. The summed E-state index contributed by atoms with van der Waals surface area (Å²) in [5.74, 6) is -2.01. The SMILES string of the molecule is CC(C)(C)C(CCCl)NC(=O)c1ccc(F)c(F)c1. The lowest BCUT2D eigenvalue weighted by Gasteiger charge is -2.31. The Morgan fingerprint density at radius 1 is 1.32 bits per heavy atom. The van der Waals surface area contributed by atoms with Gasteiger partial charge < -0.3 is 5.32 Å². The summed E-state index contributed by atoms with van der Waals surface area (Å²) in [6, 6.07) is 2.96. The molecule has 1 aromatic carbocycles. The van der Waals surface area contributed by atoms with Crippen LogP contribution in [0.15, 0.2) is 18.2 Å². The Morgan fingerprint density at radius 2 is 1.95 bits per heavy atom. The van der Waals surface area contributed by atoms with Crippen molar-refractivity contribution in [1.29, 1.82) is 0 Å². The van der Waals surface area contributed by atoms with Gasteiger partial charge in [-0.3, -0.25) is 4.79 Å². The van der Waals surface area contributed by atoms with Crippen molar-refractivity contribution in [2.45, 2.75) is 33.2 Å². The zero-order chi connectivity index (χ0) is 14.6. The van der Waals surface area contributed by atoms with Gasteiger partial charge in [0.15, 0.2) is 11.6 Å². The first-order chi connectivity index (χ1) is 8.75. The summed E-state index contributed by atoms with van der Waals surface area (Å²) >= 11 is 5.72. The van der Waals surface area contributed by atoms with Gasteiger partial charge in [0.05, 0.1) is 0 Å². The second-order valence-corrected chi connectivity index (χ2v) is 5.88. The van der Waals surface area contributed by atoms with Crippen LogP contribution >= 0.6 is 11.6 Å². The highest BCUT2D eigenvalue weighted by atomic mass is 35.5. The minimum absolute atomic E-state index is 0.0997. The Balaban J connectivity index is 2.84. The fourth-order valence-corrected chi connectivity index (χ4v) is 1.93. The molecular weight excluding hydrogens is 272 g/mol. The minimum Gasteiger partial charge on any atom is -0.349 e. The second kappa shape index (κ2) is 6.33. The van der Waals surface area contributed by atoms with E-state index in [1.54, 1.807) is 0 Å². The van der Waals surface area contributed by atoms with E-state index in [-0.39, 0.29) is 17.0 Å². The van der Waals surface area contributed by atoms with E-state index < -0.39 is 17.5 Å². The number of benzene rings is 1. The predicted molar refractivity (Wildman–Crippen MR) is 72.4 cm³/mol. The van der Waals surface area contributed by atoms with Gasteiger partial charge in [0.25, 0.3) is 5.91 Å². The van der Waals surface area contributed by atoms with Crippen LogP contribution in [0.1, 0.15) is 37.6 Å². The van der Waals surface area contributed by atoms with E-state index in [1.165, 1.54) is 6.07 Å². The van der Waals surface area contributed by atoms with Crippen LogP contribution < -0.4 is 5.32 Å². The molecule has 0 radical (unpaired) electrons. The fourth-order valence-electron chi connectivity index (χ4n) is 1.71. The molecule has 2 nitrogen and oxygen atoms in total. The molecule has 0 aliphatic carbocycles. The Kier molecular flexibility index (Phi) is 5.29. The van der Waals surface area contributed by atoms with Gasteiger partial charge in [-0.05, 0) is 30.0 Å². The van der Waals surface area contributed by atoms with E-state index in [0.29, 0.717) is 12.3 Å². The summed E-state index contributed by atoms with van der Waals surface area (Å²) in [5, 5.41) is 2.81. The van der Waals surface area contributed by atoms with Crippen LogP contribution in [0.5, 0.6) is 0 Å². The number of hydrogen-bond acceptors (Lipinski definition) is 1. The molecule has 0 spiro atoms. The molecule has 1 amide bonds. The second-order valence-electron chi connectivity index (χ2n) is 5.50. The Hall–Kier alpha value is -1.16. The summed E-state index contributed by atoms with van der Waals surface area (Å²) in [4.78, 5) is 12.0. The number of carbonyl (C=O) groups excluding carboxylic acids is 1. The van der Waals surface area contributed by atoms with Crippen molar-refractivity contribution < 1.29 is 13.6 Å². The zero-order valence-electron chi connectivity index (χ0n) is 11.3. The van der Waals surface area contributed by atoms with E-state index in [2.05, 4.69) is 5.32 Å². The molecule has 0 saturated carbocycles. The Morgan fingerprint density at radius 3 is 2.42 bits per heavy atom. The molecular formula is C14H18ClF2NO. The lowest BCUT2D eigenvalue weighted by Crippen LogP contribution is -2.44. The number of rotatable bonds is 4. The summed E-state index contributed by atoms with van der Waals surface area (Å²) in [6.07, 6.45) is 0.612. The van der Waals surface area contributed by atoms with E-state index in [4.69, 9.17) is 11.6 Å². The number of carbonyl (C=O) groups is 1.